The van der Waals surface area contributed by atoms with Crippen LogP contribution in [0.4, 0.5) is 5.82 Å². The van der Waals surface area contributed by atoms with Gasteiger partial charge in [-0.15, -0.1) is 0 Å². The first-order valence-corrected chi connectivity index (χ1v) is 14.7. The summed E-state index contributed by atoms with van der Waals surface area (Å²) in [6.45, 7) is 1.75. The Morgan fingerprint density at radius 1 is 1.16 bits per heavy atom. The van der Waals surface area contributed by atoms with E-state index < -0.39 is 54.1 Å². The van der Waals surface area contributed by atoms with Crippen molar-refractivity contribution in [1.29, 1.82) is 0 Å². The van der Waals surface area contributed by atoms with Crippen LogP contribution in [0.25, 0.3) is 22.5 Å². The van der Waals surface area contributed by atoms with E-state index in [4.69, 9.17) is 24.8 Å². The molecule has 3 aromatic heterocycles. The summed E-state index contributed by atoms with van der Waals surface area (Å²) in [6, 6.07) is 0. The summed E-state index contributed by atoms with van der Waals surface area (Å²) in [7, 11) is -16.9. The molecule has 3 aromatic rings. The summed E-state index contributed by atoms with van der Waals surface area (Å²) >= 11 is 0. The van der Waals surface area contributed by atoms with E-state index in [1.54, 1.807) is 6.92 Å². The highest BCUT2D eigenvalue weighted by Crippen LogP contribution is 2.66. The number of hydrogen-bond acceptors (Lipinski definition) is 15. The summed E-state index contributed by atoms with van der Waals surface area (Å²) in [5.74, 6) is 0.361. The quantitative estimate of drug-likeness (QED) is 0.155. The normalized spacial score (nSPS) is 27.4. The lowest BCUT2D eigenvalue weighted by Crippen LogP contribution is -2.44. The van der Waals surface area contributed by atoms with Crippen molar-refractivity contribution in [2.75, 3.05) is 12.3 Å². The number of fused-ring (bicyclic) bond motifs is 1. The number of aromatic nitrogens is 5. The lowest BCUT2D eigenvalue weighted by molar-refractivity contribution is -0.0946. The Hall–Kier alpha value is -2.15. The lowest BCUT2D eigenvalue weighted by atomic mass is 9.96. The highest BCUT2D eigenvalue weighted by Gasteiger charge is 2.54. The zero-order valence-electron chi connectivity index (χ0n) is 19.2. The van der Waals surface area contributed by atoms with Crippen molar-refractivity contribution in [3.8, 4) is 11.5 Å². The number of rotatable bonds is 9. The van der Waals surface area contributed by atoms with Crippen molar-refractivity contribution >= 4 is 40.3 Å². The molecule has 4 rings (SSSR count). The van der Waals surface area contributed by atoms with Crippen LogP contribution in [-0.4, -0.2) is 78.9 Å². The third kappa shape index (κ3) is 5.88. The van der Waals surface area contributed by atoms with Gasteiger partial charge < -0.3 is 49.3 Å². The van der Waals surface area contributed by atoms with E-state index in [0.717, 1.165) is 6.33 Å². The first kappa shape index (κ1) is 28.8. The number of aliphatic hydroxyl groups is 2. The van der Waals surface area contributed by atoms with E-state index in [1.165, 1.54) is 17.7 Å². The molecular formula is C15H21N6O14P3. The van der Waals surface area contributed by atoms with Crippen molar-refractivity contribution in [1.82, 2.24) is 24.7 Å². The predicted octanol–water partition coefficient (Wildman–Crippen LogP) is -0.275. The van der Waals surface area contributed by atoms with Gasteiger partial charge in [0, 0.05) is 6.20 Å². The first-order chi connectivity index (χ1) is 17.4. The minimum Gasteiger partial charge on any atom is -0.387 e. The minimum atomic E-state index is -5.76. The first-order valence-electron chi connectivity index (χ1n) is 10.2. The smallest absolute Gasteiger partial charge is 0.387 e. The zero-order valence-corrected chi connectivity index (χ0v) is 21.9. The molecule has 0 saturated carbocycles. The standard InChI is InChI=1S/C15H21N6O14P3/c1-6-19-13(33-20-6)7-3-21(12-9(7)11(16)17-5-18-12)14-15(2,23)10(22)8(32-14)4-31-37(27,28)35-38(29,30)34-36(24,25)26/h3,5,8,10,14,22-23H,4H2,1-2H3,(H,27,28)(H,29,30)(H2,16,17,18)(H2,24,25,26)/t8-,10-,14-,15-/m1/s1. The molecule has 23 heteroatoms. The molecule has 20 nitrogen and oxygen atoms in total. The Morgan fingerprint density at radius 2 is 1.84 bits per heavy atom. The maximum atomic E-state index is 12.1. The topological polar surface area (TPSA) is 305 Å². The molecule has 0 amide bonds. The lowest BCUT2D eigenvalue weighted by Gasteiger charge is -2.27. The van der Waals surface area contributed by atoms with Crippen molar-refractivity contribution in [3.05, 3.63) is 18.3 Å². The molecule has 0 spiro atoms. The van der Waals surface area contributed by atoms with Gasteiger partial charge in [0.2, 0.25) is 0 Å². The Bertz CT molecular complexity index is 1500. The minimum absolute atomic E-state index is 0.0157. The maximum absolute atomic E-state index is 12.1. The molecule has 0 aliphatic carbocycles. The van der Waals surface area contributed by atoms with E-state index in [-0.39, 0.29) is 28.3 Å². The molecule has 8 N–H and O–H groups in total. The molecule has 1 aliphatic rings. The van der Waals surface area contributed by atoms with Gasteiger partial charge in [0.15, 0.2) is 12.1 Å². The molecule has 1 aliphatic heterocycles. The van der Waals surface area contributed by atoms with Crippen LogP contribution in [0.1, 0.15) is 19.0 Å². The number of aliphatic hydroxyl groups excluding tert-OH is 1. The monoisotopic (exact) mass is 602 g/mol. The molecule has 0 bridgehead atoms. The molecule has 38 heavy (non-hydrogen) atoms. The van der Waals surface area contributed by atoms with Gasteiger partial charge in [-0.2, -0.15) is 13.6 Å². The number of phosphoric ester groups is 1. The number of aryl methyl sites for hydroxylation is 1. The summed E-state index contributed by atoms with van der Waals surface area (Å²) in [5, 5.41) is 25.7. The number of anilines is 1. The second-order valence-corrected chi connectivity index (χ2v) is 12.6. The summed E-state index contributed by atoms with van der Waals surface area (Å²) in [4.78, 5) is 48.4. The molecule has 1 saturated heterocycles. The molecule has 4 heterocycles. The van der Waals surface area contributed by atoms with Gasteiger partial charge >= 0.3 is 23.5 Å². The van der Waals surface area contributed by atoms with Crippen molar-refractivity contribution in [2.45, 2.75) is 37.9 Å². The Morgan fingerprint density at radius 3 is 2.45 bits per heavy atom. The average Bonchev–Trinajstić information content (AvgIpc) is 3.40. The number of phosphoric acid groups is 3. The Labute approximate surface area is 211 Å². The number of hydrogen-bond donors (Lipinski definition) is 7. The number of nitrogen functional groups attached to an aromatic ring is 1. The molecule has 1 fully saturated rings. The summed E-state index contributed by atoms with van der Waals surface area (Å²) in [6.07, 6.45) is -2.25. The van der Waals surface area contributed by atoms with Crippen LogP contribution in [0.5, 0.6) is 0 Å². The van der Waals surface area contributed by atoms with E-state index in [0.29, 0.717) is 5.82 Å². The second-order valence-electron chi connectivity index (χ2n) is 8.14. The fourth-order valence-corrected chi connectivity index (χ4v) is 6.73. The fraction of sp³-hybridized carbons (Fsp3) is 0.467. The van der Waals surface area contributed by atoms with Crippen LogP contribution in [0, 0.1) is 6.92 Å². The highest BCUT2D eigenvalue weighted by atomic mass is 31.3. The van der Waals surface area contributed by atoms with E-state index >= 15 is 0 Å². The number of nitrogens with two attached hydrogens (primary N) is 1. The zero-order chi connectivity index (χ0) is 28.3. The third-order valence-electron chi connectivity index (χ3n) is 5.22. The van der Waals surface area contributed by atoms with Gasteiger partial charge in [-0.1, -0.05) is 5.16 Å². The molecule has 2 unspecified atom stereocenters. The van der Waals surface area contributed by atoms with Crippen molar-refractivity contribution in [3.63, 3.8) is 0 Å². The maximum Gasteiger partial charge on any atom is 0.490 e. The van der Waals surface area contributed by atoms with E-state index in [1.807, 2.05) is 0 Å². The van der Waals surface area contributed by atoms with Crippen molar-refractivity contribution < 1.29 is 65.9 Å². The Kier molecular flexibility index (Phi) is 7.44. The Balaban J connectivity index is 1.60. The van der Waals surface area contributed by atoms with Gasteiger partial charge in [-0.05, 0) is 13.8 Å². The molecule has 210 valence electrons. The van der Waals surface area contributed by atoms with Crippen molar-refractivity contribution in [2.24, 2.45) is 0 Å². The second kappa shape index (κ2) is 9.79. The number of nitrogens with zero attached hydrogens (tertiary/aromatic N) is 5. The molecular weight excluding hydrogens is 581 g/mol. The predicted molar refractivity (Wildman–Crippen MR) is 120 cm³/mol. The van der Waals surface area contributed by atoms with E-state index in [9.17, 15) is 33.7 Å². The highest BCUT2D eigenvalue weighted by molar-refractivity contribution is 7.66. The summed E-state index contributed by atoms with van der Waals surface area (Å²) in [5.41, 5.74) is 4.31. The van der Waals surface area contributed by atoms with Crippen LogP contribution >= 0.6 is 23.5 Å². The third-order valence-corrected chi connectivity index (χ3v) is 9.02. The van der Waals surface area contributed by atoms with Gasteiger partial charge in [0.05, 0.1) is 17.6 Å². The van der Waals surface area contributed by atoms with Gasteiger partial charge in [-0.25, -0.2) is 23.7 Å². The van der Waals surface area contributed by atoms with E-state index in [2.05, 4.69) is 33.3 Å². The van der Waals surface area contributed by atoms with Gasteiger partial charge in [0.1, 0.15) is 35.6 Å². The average molecular weight is 602 g/mol. The molecule has 0 radical (unpaired) electrons. The van der Waals surface area contributed by atoms with Crippen LogP contribution in [0.2, 0.25) is 0 Å². The number of ether oxygens (including phenoxy) is 1. The van der Waals surface area contributed by atoms with Gasteiger partial charge in [-0.3, -0.25) is 4.52 Å². The molecule has 0 aromatic carbocycles. The fourth-order valence-electron chi connectivity index (χ4n) is 3.70. The van der Waals surface area contributed by atoms with Crippen LogP contribution in [0.3, 0.4) is 0 Å². The van der Waals surface area contributed by atoms with Gasteiger partial charge in [0.25, 0.3) is 5.89 Å². The largest absolute Gasteiger partial charge is 0.490 e. The van der Waals surface area contributed by atoms with Crippen LogP contribution in [0.15, 0.2) is 17.0 Å². The van der Waals surface area contributed by atoms with Crippen LogP contribution < -0.4 is 5.73 Å². The SMILES string of the molecule is Cc1noc(-c2cn([C@@H]3O[C@H](COP(=O)(O)OP(=O)(O)OP(=O)(O)O)[C@@H](O)[C@@]3(C)O)c3ncnc(N)c23)n1. The summed E-state index contributed by atoms with van der Waals surface area (Å²) < 4.78 is 58.3. The molecule has 6 atom stereocenters. The van der Waals surface area contributed by atoms with Crippen LogP contribution in [-0.2, 0) is 31.6 Å².